The van der Waals surface area contributed by atoms with Crippen molar-refractivity contribution in [1.29, 1.82) is 0 Å². The average Bonchev–Trinajstić information content (AvgIpc) is 3.02. The highest BCUT2D eigenvalue weighted by Crippen LogP contribution is 2.30. The van der Waals surface area contributed by atoms with Gasteiger partial charge in [0, 0.05) is 35.4 Å². The number of thiophene rings is 1. The Kier molecular flexibility index (Phi) is 4.97. The van der Waals surface area contributed by atoms with E-state index in [9.17, 15) is 9.59 Å². The summed E-state index contributed by atoms with van der Waals surface area (Å²) >= 11 is 1.36. The second-order valence-electron chi connectivity index (χ2n) is 5.66. The van der Waals surface area contributed by atoms with E-state index >= 15 is 0 Å². The molecule has 0 fully saturated rings. The minimum Gasteiger partial charge on any atom is -0.382 e. The Labute approximate surface area is 143 Å². The molecule has 0 saturated heterocycles. The first-order chi connectivity index (χ1) is 11.6. The zero-order valence-corrected chi connectivity index (χ0v) is 14.6. The third-order valence-corrected chi connectivity index (χ3v) is 4.99. The predicted octanol–water partition coefficient (Wildman–Crippen LogP) is 3.21. The third-order valence-electron chi connectivity index (χ3n) is 3.82. The van der Waals surface area contributed by atoms with E-state index in [4.69, 9.17) is 4.74 Å². The van der Waals surface area contributed by atoms with Crippen molar-refractivity contribution in [1.82, 2.24) is 10.3 Å². The summed E-state index contributed by atoms with van der Waals surface area (Å²) in [5.74, 6) is -0.145. The molecule has 0 atom stereocenters. The molecule has 0 aliphatic rings. The number of aromatic nitrogens is 1. The molecule has 6 heteroatoms. The SMILES string of the molecule is CCOCCCNC(=O)c1cc2c(=O)[nH]c3ccc(C)cc3c2s1. The van der Waals surface area contributed by atoms with Gasteiger partial charge < -0.3 is 15.0 Å². The van der Waals surface area contributed by atoms with Crippen LogP contribution in [0.1, 0.15) is 28.6 Å². The van der Waals surface area contributed by atoms with Gasteiger partial charge in [-0.15, -0.1) is 11.3 Å². The summed E-state index contributed by atoms with van der Waals surface area (Å²) in [5, 5.41) is 4.42. The number of carbonyl (C=O) groups is 1. The van der Waals surface area contributed by atoms with Crippen LogP contribution in [0, 0.1) is 6.92 Å². The number of rotatable bonds is 6. The maximum Gasteiger partial charge on any atom is 0.261 e. The van der Waals surface area contributed by atoms with Gasteiger partial charge in [-0.1, -0.05) is 11.6 Å². The smallest absolute Gasteiger partial charge is 0.261 e. The summed E-state index contributed by atoms with van der Waals surface area (Å²) in [5.41, 5.74) is 1.75. The van der Waals surface area contributed by atoms with Gasteiger partial charge in [0.1, 0.15) is 0 Å². The van der Waals surface area contributed by atoms with Crippen LogP contribution in [0.4, 0.5) is 0 Å². The molecule has 1 amide bonds. The monoisotopic (exact) mass is 344 g/mol. The van der Waals surface area contributed by atoms with Crippen LogP contribution in [0.5, 0.6) is 0 Å². The lowest BCUT2D eigenvalue weighted by Crippen LogP contribution is -2.24. The molecule has 2 aromatic heterocycles. The zero-order chi connectivity index (χ0) is 17.1. The number of hydrogen-bond donors (Lipinski definition) is 2. The number of fused-ring (bicyclic) bond motifs is 3. The zero-order valence-electron chi connectivity index (χ0n) is 13.8. The molecule has 126 valence electrons. The van der Waals surface area contributed by atoms with E-state index in [0.29, 0.717) is 30.0 Å². The van der Waals surface area contributed by atoms with Crippen molar-refractivity contribution < 1.29 is 9.53 Å². The maximum absolute atomic E-state index is 12.3. The van der Waals surface area contributed by atoms with Crippen LogP contribution < -0.4 is 10.9 Å². The van der Waals surface area contributed by atoms with Crippen molar-refractivity contribution >= 4 is 38.2 Å². The highest BCUT2D eigenvalue weighted by atomic mass is 32.1. The minimum atomic E-state index is -0.159. The number of hydrogen-bond acceptors (Lipinski definition) is 4. The molecule has 0 unspecified atom stereocenters. The number of amides is 1. The van der Waals surface area contributed by atoms with E-state index in [2.05, 4.69) is 10.3 Å². The van der Waals surface area contributed by atoms with Gasteiger partial charge in [-0.2, -0.15) is 0 Å². The van der Waals surface area contributed by atoms with E-state index in [-0.39, 0.29) is 11.5 Å². The first-order valence-electron chi connectivity index (χ1n) is 8.02. The van der Waals surface area contributed by atoms with Gasteiger partial charge in [0.2, 0.25) is 0 Å². The summed E-state index contributed by atoms with van der Waals surface area (Å²) in [7, 11) is 0. The minimum absolute atomic E-state index is 0.145. The van der Waals surface area contributed by atoms with Crippen LogP contribution in [-0.4, -0.2) is 30.6 Å². The van der Waals surface area contributed by atoms with Crippen molar-refractivity contribution in [2.45, 2.75) is 20.3 Å². The Morgan fingerprint density at radius 1 is 1.29 bits per heavy atom. The van der Waals surface area contributed by atoms with E-state index in [1.165, 1.54) is 11.3 Å². The first kappa shape index (κ1) is 16.7. The summed E-state index contributed by atoms with van der Waals surface area (Å²) in [6, 6.07) is 7.58. The highest BCUT2D eigenvalue weighted by Gasteiger charge is 2.14. The third kappa shape index (κ3) is 3.34. The fourth-order valence-electron chi connectivity index (χ4n) is 2.62. The summed E-state index contributed by atoms with van der Waals surface area (Å²) < 4.78 is 6.11. The quantitative estimate of drug-likeness (QED) is 0.675. The van der Waals surface area contributed by atoms with Crippen molar-refractivity contribution in [2.24, 2.45) is 0 Å². The number of nitrogens with one attached hydrogen (secondary N) is 2. The molecule has 2 N–H and O–H groups in total. The second kappa shape index (κ2) is 7.15. The Balaban J connectivity index is 1.89. The van der Waals surface area contributed by atoms with Crippen molar-refractivity contribution in [3.8, 4) is 0 Å². The van der Waals surface area contributed by atoms with Crippen LogP contribution in [0.2, 0.25) is 0 Å². The normalized spacial score (nSPS) is 11.2. The molecule has 3 aromatic rings. The molecular formula is C18H20N2O3S. The van der Waals surface area contributed by atoms with Crippen LogP contribution in [0.15, 0.2) is 29.1 Å². The topological polar surface area (TPSA) is 71.2 Å². The molecule has 2 heterocycles. The lowest BCUT2D eigenvalue weighted by atomic mass is 10.1. The predicted molar refractivity (Wildman–Crippen MR) is 98.1 cm³/mol. The van der Waals surface area contributed by atoms with Gasteiger partial charge in [0.05, 0.1) is 10.3 Å². The molecule has 0 bridgehead atoms. The lowest BCUT2D eigenvalue weighted by molar-refractivity contribution is 0.0948. The first-order valence-corrected chi connectivity index (χ1v) is 8.84. The number of aromatic amines is 1. The molecule has 3 rings (SSSR count). The summed E-state index contributed by atoms with van der Waals surface area (Å²) in [4.78, 5) is 28.0. The van der Waals surface area contributed by atoms with E-state index in [0.717, 1.165) is 27.6 Å². The fraction of sp³-hybridized carbons (Fsp3) is 0.333. The van der Waals surface area contributed by atoms with E-state index in [1.807, 2.05) is 32.0 Å². The van der Waals surface area contributed by atoms with Gasteiger partial charge >= 0.3 is 0 Å². The van der Waals surface area contributed by atoms with Crippen LogP contribution >= 0.6 is 11.3 Å². The lowest BCUT2D eigenvalue weighted by Gasteiger charge is -2.03. The van der Waals surface area contributed by atoms with Gasteiger partial charge in [-0.05, 0) is 38.5 Å². The number of H-pyrrole nitrogens is 1. The van der Waals surface area contributed by atoms with Gasteiger partial charge in [0.15, 0.2) is 0 Å². The molecule has 0 spiro atoms. The molecule has 0 saturated carbocycles. The number of carbonyl (C=O) groups excluding carboxylic acids is 1. The Hall–Kier alpha value is -2.18. The Morgan fingerprint density at radius 2 is 2.12 bits per heavy atom. The molecule has 0 radical (unpaired) electrons. The van der Waals surface area contributed by atoms with E-state index < -0.39 is 0 Å². The molecule has 0 aliphatic carbocycles. The fourth-order valence-corrected chi connectivity index (χ4v) is 3.73. The molecule has 24 heavy (non-hydrogen) atoms. The molecule has 0 aliphatic heterocycles. The summed E-state index contributed by atoms with van der Waals surface area (Å²) in [6.07, 6.45) is 0.771. The maximum atomic E-state index is 12.3. The van der Waals surface area contributed by atoms with Gasteiger partial charge in [-0.3, -0.25) is 9.59 Å². The molecule has 1 aromatic carbocycles. The highest BCUT2D eigenvalue weighted by molar-refractivity contribution is 7.21. The standard InChI is InChI=1S/C18H20N2O3S/c1-3-23-8-4-7-19-18(22)15-10-13-16(24-15)12-9-11(2)5-6-14(12)20-17(13)21/h5-6,9-10H,3-4,7-8H2,1-2H3,(H,19,22)(H,20,21). The Morgan fingerprint density at radius 3 is 2.92 bits per heavy atom. The van der Waals surface area contributed by atoms with Crippen molar-refractivity contribution in [3.05, 3.63) is 45.1 Å². The summed E-state index contributed by atoms with van der Waals surface area (Å²) in [6.45, 7) is 5.82. The number of ether oxygens (including phenoxy) is 1. The number of benzene rings is 1. The van der Waals surface area contributed by atoms with Crippen molar-refractivity contribution in [3.63, 3.8) is 0 Å². The largest absolute Gasteiger partial charge is 0.382 e. The van der Waals surface area contributed by atoms with Crippen molar-refractivity contribution in [2.75, 3.05) is 19.8 Å². The second-order valence-corrected chi connectivity index (χ2v) is 6.72. The van der Waals surface area contributed by atoms with Crippen LogP contribution in [0.25, 0.3) is 21.0 Å². The Bertz CT molecular complexity index is 942. The van der Waals surface area contributed by atoms with Gasteiger partial charge in [-0.25, -0.2) is 0 Å². The molecule has 5 nitrogen and oxygen atoms in total. The van der Waals surface area contributed by atoms with Crippen LogP contribution in [0.3, 0.4) is 0 Å². The van der Waals surface area contributed by atoms with E-state index in [1.54, 1.807) is 6.07 Å². The van der Waals surface area contributed by atoms with Crippen LogP contribution in [-0.2, 0) is 4.74 Å². The molecular weight excluding hydrogens is 324 g/mol. The average molecular weight is 344 g/mol. The number of pyridine rings is 1. The van der Waals surface area contributed by atoms with Gasteiger partial charge in [0.25, 0.3) is 11.5 Å². The number of aryl methyl sites for hydroxylation is 1.